The van der Waals surface area contributed by atoms with E-state index in [-0.39, 0.29) is 0 Å². The Balaban J connectivity index is 1.10. The van der Waals surface area contributed by atoms with Crippen LogP contribution in [0, 0.1) is 0 Å². The Morgan fingerprint density at radius 2 is 0.790 bits per heavy atom. The molecule has 0 aromatic heterocycles. The summed E-state index contributed by atoms with van der Waals surface area (Å²) in [4.78, 5) is 4.90. The van der Waals surface area contributed by atoms with Crippen molar-refractivity contribution in [1.82, 2.24) is 0 Å². The summed E-state index contributed by atoms with van der Waals surface area (Å²) in [6.45, 7) is 0. The Kier molecular flexibility index (Phi) is 7.62. The highest BCUT2D eigenvalue weighted by Gasteiger charge is 2.52. The maximum atomic E-state index is 2.53. The van der Waals surface area contributed by atoms with E-state index in [1.165, 1.54) is 77.5 Å². The Labute approximate surface area is 362 Å². The van der Waals surface area contributed by atoms with Crippen LogP contribution in [0.15, 0.2) is 231 Å². The number of anilines is 6. The normalized spacial score (nSPS) is 14.8. The Morgan fingerprint density at radius 3 is 1.50 bits per heavy atom. The van der Waals surface area contributed by atoms with Crippen LogP contribution in [-0.4, -0.2) is 0 Å². The van der Waals surface area contributed by atoms with Crippen molar-refractivity contribution < 1.29 is 0 Å². The summed E-state index contributed by atoms with van der Waals surface area (Å²) in [5, 5.41) is 2.48. The predicted octanol–water partition coefficient (Wildman–Crippen LogP) is 15.7. The van der Waals surface area contributed by atoms with Crippen LogP contribution in [0.3, 0.4) is 0 Å². The zero-order chi connectivity index (χ0) is 40.8. The SMILES string of the molecule is c1ccc(N(c2ccc3c(c2)-c2ccccc2C3)c2ccc3c(c2)C2(c4ccccc4-3)c3ccccc3-c3c2cc(N(c2ccccc2)c2ccccc2)c2ccccc32)cc1. The maximum Gasteiger partial charge on any atom is 0.0727 e. The van der Waals surface area contributed by atoms with Crippen LogP contribution in [0.4, 0.5) is 34.1 Å². The summed E-state index contributed by atoms with van der Waals surface area (Å²) < 4.78 is 0. The number of nitrogens with zero attached hydrogens (tertiary/aromatic N) is 2. The van der Waals surface area contributed by atoms with Crippen LogP contribution in [0.1, 0.15) is 33.4 Å². The molecule has 0 saturated heterocycles. The van der Waals surface area contributed by atoms with Gasteiger partial charge in [0.1, 0.15) is 0 Å². The second-order valence-corrected chi connectivity index (χ2v) is 16.8. The van der Waals surface area contributed by atoms with Gasteiger partial charge in [0.25, 0.3) is 0 Å². The number of hydrogen-bond donors (Lipinski definition) is 0. The van der Waals surface area contributed by atoms with Crippen molar-refractivity contribution in [2.24, 2.45) is 0 Å². The van der Waals surface area contributed by atoms with Crippen LogP contribution >= 0.6 is 0 Å². The van der Waals surface area contributed by atoms with Crippen molar-refractivity contribution in [3.63, 3.8) is 0 Å². The first-order valence-corrected chi connectivity index (χ1v) is 21.6. The van der Waals surface area contributed by atoms with Crippen molar-refractivity contribution >= 4 is 44.9 Å². The van der Waals surface area contributed by atoms with Gasteiger partial charge in [0, 0.05) is 33.8 Å². The molecule has 0 aliphatic heterocycles. The third-order valence-electron chi connectivity index (χ3n) is 13.6. The molecule has 2 nitrogen and oxygen atoms in total. The molecule has 2 heteroatoms. The van der Waals surface area contributed by atoms with Gasteiger partial charge in [0.15, 0.2) is 0 Å². The first-order chi connectivity index (χ1) is 30.8. The molecule has 0 saturated carbocycles. The molecule has 0 bridgehead atoms. The molecule has 0 N–H and O–H groups in total. The lowest BCUT2D eigenvalue weighted by molar-refractivity contribution is 0.794. The summed E-state index contributed by atoms with van der Waals surface area (Å²) in [7, 11) is 0. The van der Waals surface area contributed by atoms with E-state index in [0.717, 1.165) is 40.5 Å². The highest BCUT2D eigenvalue weighted by Crippen LogP contribution is 2.65. The average molecular weight is 789 g/mol. The minimum Gasteiger partial charge on any atom is -0.310 e. The quantitative estimate of drug-likeness (QED) is 0.166. The summed E-state index contributed by atoms with van der Waals surface area (Å²) >= 11 is 0. The molecule has 1 spiro atoms. The van der Waals surface area contributed by atoms with Crippen LogP contribution in [0.2, 0.25) is 0 Å². The molecule has 1 unspecified atom stereocenters. The van der Waals surface area contributed by atoms with Gasteiger partial charge in [-0.1, -0.05) is 164 Å². The molecule has 10 aromatic rings. The van der Waals surface area contributed by atoms with Gasteiger partial charge in [-0.2, -0.15) is 0 Å². The molecule has 10 aromatic carbocycles. The molecule has 1 atom stereocenters. The number of hydrogen-bond acceptors (Lipinski definition) is 2. The summed E-state index contributed by atoms with van der Waals surface area (Å²) in [5.41, 5.74) is 22.1. The first-order valence-electron chi connectivity index (χ1n) is 21.6. The van der Waals surface area contributed by atoms with Crippen LogP contribution in [0.5, 0.6) is 0 Å². The molecule has 0 fully saturated rings. The number of benzene rings is 10. The minimum atomic E-state index is -0.578. The smallest absolute Gasteiger partial charge is 0.0727 e. The molecule has 3 aliphatic rings. The van der Waals surface area contributed by atoms with E-state index in [1.807, 2.05) is 0 Å². The largest absolute Gasteiger partial charge is 0.310 e. The topological polar surface area (TPSA) is 6.48 Å². The lowest BCUT2D eigenvalue weighted by Crippen LogP contribution is -2.26. The molecule has 13 rings (SSSR count). The standard InChI is InChI=1S/C60H40N2/c1-4-19-42(20-5-1)61(45-33-32-41-36-40-18-10-11-25-47(40)53(41)37-45)46-34-35-49-48-26-14-16-30-54(48)60(56(49)38-46)55-31-17-15-29-52(55)59-51-28-13-12-27-50(51)58(39-57(59)60)62(43-21-6-2-7-22-43)44-23-8-3-9-24-44/h1-35,37-39H,36H2. The van der Waals surface area contributed by atoms with Crippen LogP contribution < -0.4 is 9.80 Å². The van der Waals surface area contributed by atoms with E-state index < -0.39 is 5.41 Å². The Morgan fingerprint density at radius 1 is 0.290 bits per heavy atom. The van der Waals surface area contributed by atoms with E-state index in [4.69, 9.17) is 0 Å². The minimum absolute atomic E-state index is 0.578. The summed E-state index contributed by atoms with van der Waals surface area (Å²) in [5.74, 6) is 0. The van der Waals surface area contributed by atoms with E-state index in [2.05, 4.69) is 240 Å². The Bertz CT molecular complexity index is 3350. The lowest BCUT2D eigenvalue weighted by atomic mass is 9.70. The van der Waals surface area contributed by atoms with Gasteiger partial charge >= 0.3 is 0 Å². The fourth-order valence-corrected chi connectivity index (χ4v) is 11.1. The number of fused-ring (bicyclic) bond motifs is 15. The van der Waals surface area contributed by atoms with E-state index >= 15 is 0 Å². The van der Waals surface area contributed by atoms with E-state index in [9.17, 15) is 0 Å². The molecule has 0 amide bonds. The third-order valence-corrected chi connectivity index (χ3v) is 13.6. The van der Waals surface area contributed by atoms with Crippen molar-refractivity contribution in [1.29, 1.82) is 0 Å². The fraction of sp³-hybridized carbons (Fsp3) is 0.0333. The second-order valence-electron chi connectivity index (χ2n) is 16.8. The Hall–Kier alpha value is -7.94. The van der Waals surface area contributed by atoms with Gasteiger partial charge in [-0.25, -0.2) is 0 Å². The maximum absolute atomic E-state index is 2.53. The van der Waals surface area contributed by atoms with Gasteiger partial charge < -0.3 is 9.80 Å². The zero-order valence-corrected chi connectivity index (χ0v) is 34.0. The van der Waals surface area contributed by atoms with Gasteiger partial charge in [-0.3, -0.25) is 0 Å². The number of para-hydroxylation sites is 3. The van der Waals surface area contributed by atoms with Gasteiger partial charge in [-0.15, -0.1) is 0 Å². The molecule has 290 valence electrons. The predicted molar refractivity (Wildman–Crippen MR) is 258 cm³/mol. The first kappa shape index (κ1) is 34.9. The molecular weight excluding hydrogens is 749 g/mol. The highest BCUT2D eigenvalue weighted by atomic mass is 15.1. The second kappa shape index (κ2) is 13.5. The van der Waals surface area contributed by atoms with Crippen LogP contribution in [0.25, 0.3) is 44.2 Å². The van der Waals surface area contributed by atoms with Gasteiger partial charge in [0.2, 0.25) is 0 Å². The van der Waals surface area contributed by atoms with E-state index in [0.29, 0.717) is 0 Å². The van der Waals surface area contributed by atoms with Gasteiger partial charge in [0.05, 0.1) is 11.1 Å². The lowest BCUT2D eigenvalue weighted by Gasteiger charge is -2.34. The summed E-state index contributed by atoms with van der Waals surface area (Å²) in [6, 6.07) is 85.6. The monoisotopic (exact) mass is 788 g/mol. The average Bonchev–Trinajstić information content (AvgIpc) is 3.96. The van der Waals surface area contributed by atoms with Crippen molar-refractivity contribution in [3.05, 3.63) is 264 Å². The van der Waals surface area contributed by atoms with Gasteiger partial charge in [-0.05, 0) is 145 Å². The van der Waals surface area contributed by atoms with Crippen molar-refractivity contribution in [2.45, 2.75) is 11.8 Å². The fourth-order valence-electron chi connectivity index (χ4n) is 11.1. The number of rotatable bonds is 6. The van der Waals surface area contributed by atoms with E-state index in [1.54, 1.807) is 0 Å². The van der Waals surface area contributed by atoms with Crippen LogP contribution in [-0.2, 0) is 11.8 Å². The molecule has 62 heavy (non-hydrogen) atoms. The molecule has 0 radical (unpaired) electrons. The highest BCUT2D eigenvalue weighted by molar-refractivity contribution is 6.12. The molecular formula is C60H40N2. The molecule has 0 heterocycles. The molecule has 3 aliphatic carbocycles. The van der Waals surface area contributed by atoms with Crippen molar-refractivity contribution in [2.75, 3.05) is 9.80 Å². The third kappa shape index (κ3) is 4.92. The zero-order valence-electron chi connectivity index (χ0n) is 34.0. The van der Waals surface area contributed by atoms with Crippen molar-refractivity contribution in [3.8, 4) is 33.4 Å². The summed E-state index contributed by atoms with van der Waals surface area (Å²) in [6.07, 6.45) is 0.970.